The van der Waals surface area contributed by atoms with Crippen molar-refractivity contribution in [1.29, 1.82) is 0 Å². The van der Waals surface area contributed by atoms with Crippen molar-refractivity contribution in [2.75, 3.05) is 19.7 Å². The lowest BCUT2D eigenvalue weighted by Gasteiger charge is -2.16. The van der Waals surface area contributed by atoms with Crippen molar-refractivity contribution in [1.82, 2.24) is 9.88 Å². The Kier molecular flexibility index (Phi) is 3.68. The predicted molar refractivity (Wildman–Crippen MR) is 87.7 cm³/mol. The zero-order valence-electron chi connectivity index (χ0n) is 13.0. The quantitative estimate of drug-likeness (QED) is 0.901. The molecule has 120 valence electrons. The Morgan fingerprint density at radius 1 is 1.13 bits per heavy atom. The normalized spacial score (nSPS) is 33.2. The molecular formula is C19H22N2O2. The Hall–Kier alpha value is -1.75. The van der Waals surface area contributed by atoms with Crippen LogP contribution in [0.4, 0.5) is 0 Å². The molecule has 1 aliphatic carbocycles. The van der Waals surface area contributed by atoms with Crippen LogP contribution < -0.4 is 0 Å². The topological polar surface area (TPSA) is 56.6 Å². The first-order valence-corrected chi connectivity index (χ1v) is 8.21. The lowest BCUT2D eigenvalue weighted by atomic mass is 9.95. The average molecular weight is 310 g/mol. The van der Waals surface area contributed by atoms with Gasteiger partial charge in [-0.2, -0.15) is 0 Å². The summed E-state index contributed by atoms with van der Waals surface area (Å²) in [4.78, 5) is 6.35. The largest absolute Gasteiger partial charge is 0.396 e. The first-order valence-electron chi connectivity index (χ1n) is 8.21. The predicted octanol–water partition coefficient (Wildman–Crippen LogP) is 1.65. The Bertz CT molecular complexity index is 664. The van der Waals surface area contributed by atoms with Gasteiger partial charge in [-0.3, -0.25) is 9.88 Å². The van der Waals surface area contributed by atoms with E-state index >= 15 is 0 Å². The number of pyridine rings is 1. The van der Waals surface area contributed by atoms with E-state index in [0.717, 1.165) is 13.1 Å². The summed E-state index contributed by atoms with van der Waals surface area (Å²) in [7, 11) is 0. The summed E-state index contributed by atoms with van der Waals surface area (Å²) in [6.07, 6.45) is 3.22. The van der Waals surface area contributed by atoms with Crippen LogP contribution in [0.25, 0.3) is 0 Å². The second-order valence-electron chi connectivity index (χ2n) is 6.83. The van der Waals surface area contributed by atoms with Crippen molar-refractivity contribution >= 4 is 0 Å². The highest BCUT2D eigenvalue weighted by Gasteiger charge is 2.70. The fourth-order valence-electron chi connectivity index (χ4n) is 4.53. The van der Waals surface area contributed by atoms with Gasteiger partial charge >= 0.3 is 0 Å². The van der Waals surface area contributed by atoms with Crippen LogP contribution in [-0.4, -0.2) is 45.9 Å². The first kappa shape index (κ1) is 14.8. The van der Waals surface area contributed by atoms with E-state index in [-0.39, 0.29) is 30.0 Å². The van der Waals surface area contributed by atoms with Crippen LogP contribution in [0.3, 0.4) is 0 Å². The number of aliphatic hydroxyl groups excluding tert-OH is 2. The maximum Gasteiger partial charge on any atom is 0.0745 e. The molecule has 2 fully saturated rings. The minimum Gasteiger partial charge on any atom is -0.396 e. The minimum absolute atomic E-state index is 0.139. The van der Waals surface area contributed by atoms with Gasteiger partial charge in [-0.15, -0.1) is 0 Å². The molecular weight excluding hydrogens is 288 g/mol. The third-order valence-corrected chi connectivity index (χ3v) is 5.62. The van der Waals surface area contributed by atoms with Gasteiger partial charge in [0, 0.05) is 44.0 Å². The zero-order valence-corrected chi connectivity index (χ0v) is 13.0. The third kappa shape index (κ3) is 2.38. The number of aromatic nitrogens is 1. The van der Waals surface area contributed by atoms with E-state index in [9.17, 15) is 10.2 Å². The van der Waals surface area contributed by atoms with Crippen LogP contribution in [-0.2, 0) is 6.54 Å². The SMILES string of the molecule is OC[C@@H]1[C@@H](c2ccccc2)[C@]12CN(Cc1ccncc1)C[C@@H]2O. The van der Waals surface area contributed by atoms with Gasteiger partial charge < -0.3 is 10.2 Å². The van der Waals surface area contributed by atoms with Crippen LogP contribution in [0.5, 0.6) is 0 Å². The monoisotopic (exact) mass is 310 g/mol. The van der Waals surface area contributed by atoms with Crippen LogP contribution in [0.1, 0.15) is 17.0 Å². The van der Waals surface area contributed by atoms with E-state index in [2.05, 4.69) is 22.0 Å². The van der Waals surface area contributed by atoms with Gasteiger partial charge in [-0.1, -0.05) is 30.3 Å². The smallest absolute Gasteiger partial charge is 0.0745 e. The molecule has 2 aromatic rings. The minimum atomic E-state index is -0.383. The zero-order chi connectivity index (χ0) is 15.9. The number of rotatable bonds is 4. The van der Waals surface area contributed by atoms with Gasteiger partial charge in [0.15, 0.2) is 0 Å². The molecule has 23 heavy (non-hydrogen) atoms. The molecule has 4 atom stereocenters. The molecule has 1 aliphatic heterocycles. The second kappa shape index (κ2) is 5.71. The molecule has 1 aromatic heterocycles. The number of β-amino-alcohol motifs (C(OH)–C–C–N with tert-alkyl or cyclic N) is 1. The molecule has 1 saturated carbocycles. The van der Waals surface area contributed by atoms with Gasteiger partial charge in [0.05, 0.1) is 6.10 Å². The molecule has 0 bridgehead atoms. The van der Waals surface area contributed by atoms with Crippen molar-refractivity contribution in [3.8, 4) is 0 Å². The number of hydrogen-bond donors (Lipinski definition) is 2. The van der Waals surface area contributed by atoms with Gasteiger partial charge in [0.2, 0.25) is 0 Å². The number of nitrogens with zero attached hydrogens (tertiary/aromatic N) is 2. The Balaban J connectivity index is 1.55. The van der Waals surface area contributed by atoms with Gasteiger partial charge in [0.1, 0.15) is 0 Å². The lowest BCUT2D eigenvalue weighted by molar-refractivity contribution is 0.111. The van der Waals surface area contributed by atoms with Crippen molar-refractivity contribution in [2.24, 2.45) is 11.3 Å². The van der Waals surface area contributed by atoms with Crippen LogP contribution >= 0.6 is 0 Å². The first-order chi connectivity index (χ1) is 11.3. The molecule has 2 heterocycles. The highest BCUT2D eigenvalue weighted by atomic mass is 16.3. The van der Waals surface area contributed by atoms with E-state index in [1.807, 2.05) is 30.3 Å². The summed E-state index contributed by atoms with van der Waals surface area (Å²) in [5, 5.41) is 20.6. The lowest BCUT2D eigenvalue weighted by Crippen LogP contribution is -2.23. The molecule has 1 aromatic carbocycles. The number of hydrogen-bond acceptors (Lipinski definition) is 4. The van der Waals surface area contributed by atoms with Crippen molar-refractivity contribution < 1.29 is 10.2 Å². The number of benzene rings is 1. The van der Waals surface area contributed by atoms with Crippen molar-refractivity contribution in [3.05, 3.63) is 66.0 Å². The van der Waals surface area contributed by atoms with Gasteiger partial charge in [-0.25, -0.2) is 0 Å². The maximum atomic E-state index is 10.7. The average Bonchev–Trinajstić information content (AvgIpc) is 3.13. The Morgan fingerprint density at radius 2 is 1.87 bits per heavy atom. The molecule has 0 radical (unpaired) electrons. The third-order valence-electron chi connectivity index (χ3n) is 5.62. The molecule has 1 spiro atoms. The molecule has 2 aliphatic rings. The standard InChI is InChI=1S/C19H22N2O2/c22-12-16-18(15-4-2-1-3-5-15)19(16)13-21(11-17(19)23)10-14-6-8-20-9-7-14/h1-9,16-18,22-23H,10-13H2/t16-,17+,18-,19-/m1/s1. The summed E-state index contributed by atoms with van der Waals surface area (Å²) in [6, 6.07) is 14.3. The summed E-state index contributed by atoms with van der Waals surface area (Å²) in [5.41, 5.74) is 2.25. The highest BCUT2D eigenvalue weighted by molar-refractivity contribution is 5.36. The van der Waals surface area contributed by atoms with E-state index in [1.54, 1.807) is 12.4 Å². The summed E-state index contributed by atoms with van der Waals surface area (Å²) >= 11 is 0. The van der Waals surface area contributed by atoms with E-state index in [1.165, 1.54) is 11.1 Å². The van der Waals surface area contributed by atoms with Gasteiger partial charge in [-0.05, 0) is 35.1 Å². The molecule has 2 N–H and O–H groups in total. The summed E-state index contributed by atoms with van der Waals surface area (Å²) in [5.74, 6) is 0.411. The van der Waals surface area contributed by atoms with Crippen molar-refractivity contribution in [3.63, 3.8) is 0 Å². The van der Waals surface area contributed by atoms with Gasteiger partial charge in [0.25, 0.3) is 0 Å². The molecule has 0 amide bonds. The molecule has 4 heteroatoms. The van der Waals surface area contributed by atoms with Crippen LogP contribution in [0.2, 0.25) is 0 Å². The van der Waals surface area contributed by atoms with Crippen LogP contribution in [0.15, 0.2) is 54.9 Å². The number of likely N-dealkylation sites (tertiary alicyclic amines) is 1. The summed E-state index contributed by atoms with van der Waals surface area (Å²) < 4.78 is 0. The van der Waals surface area contributed by atoms with E-state index in [0.29, 0.717) is 6.54 Å². The van der Waals surface area contributed by atoms with E-state index in [4.69, 9.17) is 0 Å². The molecule has 4 rings (SSSR count). The maximum absolute atomic E-state index is 10.7. The Morgan fingerprint density at radius 3 is 2.57 bits per heavy atom. The molecule has 4 nitrogen and oxygen atoms in total. The highest BCUT2D eigenvalue weighted by Crippen LogP contribution is 2.68. The Labute approximate surface area is 136 Å². The van der Waals surface area contributed by atoms with E-state index < -0.39 is 0 Å². The second-order valence-corrected chi connectivity index (χ2v) is 6.83. The van der Waals surface area contributed by atoms with Crippen LogP contribution in [0, 0.1) is 11.3 Å². The molecule has 0 unspecified atom stereocenters. The van der Waals surface area contributed by atoms with Crippen molar-refractivity contribution in [2.45, 2.75) is 18.6 Å². The summed E-state index contributed by atoms with van der Waals surface area (Å²) in [6.45, 7) is 2.46. The molecule has 1 saturated heterocycles. The fraction of sp³-hybridized carbons (Fsp3) is 0.421. The fourth-order valence-corrected chi connectivity index (χ4v) is 4.53. The number of aliphatic hydroxyl groups is 2.